The third kappa shape index (κ3) is 5.15. The minimum absolute atomic E-state index is 0.0944. The number of nitrogens with zero attached hydrogens (tertiary/aromatic N) is 1. The maximum atomic E-state index is 3.63. The lowest BCUT2D eigenvalue weighted by Crippen LogP contribution is -2.11. The van der Waals surface area contributed by atoms with Crippen LogP contribution in [0, 0.1) is 0 Å². The van der Waals surface area contributed by atoms with Crippen molar-refractivity contribution in [2.24, 2.45) is 0 Å². The van der Waals surface area contributed by atoms with Crippen molar-refractivity contribution in [2.45, 2.75) is 5.92 Å². The molecule has 0 N–H and O–H groups in total. The Kier molecular flexibility index (Phi) is 7.37. The molecule has 0 bridgehead atoms. The molecule has 0 heterocycles. The van der Waals surface area contributed by atoms with E-state index in [9.17, 15) is 0 Å². The molecular weight excluding hydrogens is 642 g/mol. The molecule has 0 aromatic heterocycles. The number of anilines is 3. The van der Waals surface area contributed by atoms with Crippen LogP contribution in [0.2, 0.25) is 0 Å². The minimum atomic E-state index is 0.0944. The second-order valence-corrected chi connectivity index (χ2v) is 12.3. The molecule has 1 atom stereocenters. The van der Waals surface area contributed by atoms with E-state index in [1.807, 2.05) is 0 Å². The fraction of sp³-hybridized carbons (Fsp3) is 0.0256. The molecule has 0 aliphatic rings. The lowest BCUT2D eigenvalue weighted by molar-refractivity contribution is 0.988. The van der Waals surface area contributed by atoms with Crippen LogP contribution in [0.15, 0.2) is 167 Å². The summed E-state index contributed by atoms with van der Waals surface area (Å²) in [6.45, 7) is 0. The third-order valence-corrected chi connectivity index (χ3v) is 8.97. The molecule has 0 spiro atoms. The maximum Gasteiger partial charge on any atom is 0.0540 e. The van der Waals surface area contributed by atoms with Gasteiger partial charge in [0.15, 0.2) is 0 Å². The first-order chi connectivity index (χ1) is 20.7. The van der Waals surface area contributed by atoms with Crippen molar-refractivity contribution in [1.29, 1.82) is 0 Å². The molecule has 0 amide bonds. The average molecular weight is 669 g/mol. The van der Waals surface area contributed by atoms with Crippen molar-refractivity contribution < 1.29 is 0 Å². The number of benzene rings is 7. The van der Waals surface area contributed by atoms with Crippen LogP contribution >= 0.6 is 31.9 Å². The van der Waals surface area contributed by atoms with Gasteiger partial charge in [0.1, 0.15) is 0 Å². The summed E-state index contributed by atoms with van der Waals surface area (Å²) >= 11 is 7.25. The average Bonchev–Trinajstić information content (AvgIpc) is 3.04. The molecule has 42 heavy (non-hydrogen) atoms. The Morgan fingerprint density at radius 3 is 1.50 bits per heavy atom. The summed E-state index contributed by atoms with van der Waals surface area (Å²) in [5.41, 5.74) is 7.21. The van der Waals surface area contributed by atoms with Gasteiger partial charge in [-0.2, -0.15) is 0 Å². The van der Waals surface area contributed by atoms with Gasteiger partial charge in [-0.25, -0.2) is 0 Å². The van der Waals surface area contributed by atoms with Gasteiger partial charge in [-0.15, -0.1) is 0 Å². The molecular formula is C39H27Br2N. The summed E-state index contributed by atoms with van der Waals surface area (Å²) in [4.78, 5) is 2.35. The Bertz CT molecular complexity index is 1840. The van der Waals surface area contributed by atoms with Crippen LogP contribution in [0.4, 0.5) is 17.1 Å². The van der Waals surface area contributed by atoms with E-state index in [1.54, 1.807) is 0 Å². The van der Waals surface area contributed by atoms with Crippen LogP contribution in [0.1, 0.15) is 22.6 Å². The van der Waals surface area contributed by atoms with Gasteiger partial charge < -0.3 is 4.90 Å². The van der Waals surface area contributed by atoms with Crippen molar-refractivity contribution in [2.75, 3.05) is 4.90 Å². The summed E-state index contributed by atoms with van der Waals surface area (Å²) in [6, 6.07) is 56.8. The molecule has 0 saturated heterocycles. The smallest absolute Gasteiger partial charge is 0.0540 e. The molecule has 7 aromatic rings. The van der Waals surface area contributed by atoms with Gasteiger partial charge in [0.05, 0.1) is 5.69 Å². The van der Waals surface area contributed by atoms with E-state index in [0.717, 1.165) is 26.0 Å². The zero-order valence-electron chi connectivity index (χ0n) is 22.8. The Labute approximate surface area is 263 Å². The highest BCUT2D eigenvalue weighted by Gasteiger charge is 2.21. The summed E-state index contributed by atoms with van der Waals surface area (Å²) in [6.07, 6.45) is 0. The molecule has 1 unspecified atom stereocenters. The number of hydrogen-bond acceptors (Lipinski definition) is 1. The zero-order valence-corrected chi connectivity index (χ0v) is 26.0. The Balaban J connectivity index is 1.38. The van der Waals surface area contributed by atoms with Crippen molar-refractivity contribution in [3.05, 3.63) is 183 Å². The number of fused-ring (bicyclic) bond motifs is 2. The van der Waals surface area contributed by atoms with E-state index in [-0.39, 0.29) is 5.92 Å². The Morgan fingerprint density at radius 2 is 0.857 bits per heavy atom. The van der Waals surface area contributed by atoms with Crippen LogP contribution in [0.3, 0.4) is 0 Å². The van der Waals surface area contributed by atoms with Gasteiger partial charge >= 0.3 is 0 Å². The van der Waals surface area contributed by atoms with E-state index in [1.165, 1.54) is 38.2 Å². The quantitative estimate of drug-likeness (QED) is 0.159. The van der Waals surface area contributed by atoms with E-state index < -0.39 is 0 Å². The summed E-state index contributed by atoms with van der Waals surface area (Å²) in [5.74, 6) is 0.0944. The first-order valence-corrected chi connectivity index (χ1v) is 15.6. The Hall–Kier alpha value is -4.18. The number of hydrogen-bond donors (Lipinski definition) is 0. The lowest BCUT2D eigenvalue weighted by Gasteiger charge is -2.28. The second-order valence-electron chi connectivity index (χ2n) is 10.5. The van der Waals surface area contributed by atoms with E-state index in [2.05, 4.69) is 194 Å². The van der Waals surface area contributed by atoms with E-state index >= 15 is 0 Å². The van der Waals surface area contributed by atoms with Crippen molar-refractivity contribution >= 4 is 70.5 Å². The monoisotopic (exact) mass is 667 g/mol. The molecule has 3 heteroatoms. The van der Waals surface area contributed by atoms with Crippen LogP contribution < -0.4 is 4.90 Å². The summed E-state index contributed by atoms with van der Waals surface area (Å²) < 4.78 is 2.14. The molecule has 7 rings (SSSR count). The van der Waals surface area contributed by atoms with Crippen LogP contribution in [0.5, 0.6) is 0 Å². The van der Waals surface area contributed by atoms with Gasteiger partial charge in [0.2, 0.25) is 0 Å². The molecule has 0 saturated carbocycles. The van der Waals surface area contributed by atoms with Gasteiger partial charge in [-0.05, 0) is 87.4 Å². The molecule has 7 aromatic carbocycles. The molecule has 0 fully saturated rings. The lowest BCUT2D eigenvalue weighted by atomic mass is 9.83. The van der Waals surface area contributed by atoms with Crippen LogP contribution in [-0.4, -0.2) is 0 Å². The summed E-state index contributed by atoms with van der Waals surface area (Å²) in [5, 5.41) is 4.98. The van der Waals surface area contributed by atoms with E-state index in [4.69, 9.17) is 0 Å². The molecule has 202 valence electrons. The normalized spacial score (nSPS) is 12.0. The van der Waals surface area contributed by atoms with Gasteiger partial charge in [0, 0.05) is 31.6 Å². The van der Waals surface area contributed by atoms with Crippen LogP contribution in [-0.2, 0) is 0 Å². The van der Waals surface area contributed by atoms with Gasteiger partial charge in [0.25, 0.3) is 0 Å². The fourth-order valence-corrected chi connectivity index (χ4v) is 6.47. The van der Waals surface area contributed by atoms with Gasteiger partial charge in [-0.3, -0.25) is 0 Å². The van der Waals surface area contributed by atoms with E-state index in [0.29, 0.717) is 0 Å². The SMILES string of the molecule is Brc1ccc(C(c2ccc(N(c3ccc(Br)cc3)c3cccc4ccccc34)cc2)c2cccc3ccccc23)cc1. The zero-order chi connectivity index (χ0) is 28.5. The predicted molar refractivity (Wildman–Crippen MR) is 185 cm³/mol. The minimum Gasteiger partial charge on any atom is -0.310 e. The fourth-order valence-electron chi connectivity index (χ4n) is 5.95. The van der Waals surface area contributed by atoms with Crippen molar-refractivity contribution in [3.63, 3.8) is 0 Å². The second kappa shape index (κ2) is 11.6. The largest absolute Gasteiger partial charge is 0.310 e. The first-order valence-electron chi connectivity index (χ1n) is 14.0. The highest BCUT2D eigenvalue weighted by molar-refractivity contribution is 9.10. The third-order valence-electron chi connectivity index (χ3n) is 7.91. The number of rotatable bonds is 6. The van der Waals surface area contributed by atoms with Gasteiger partial charge in [-0.1, -0.05) is 135 Å². The summed E-state index contributed by atoms with van der Waals surface area (Å²) in [7, 11) is 0. The molecule has 0 aliphatic carbocycles. The molecule has 1 nitrogen and oxygen atoms in total. The Morgan fingerprint density at radius 1 is 0.405 bits per heavy atom. The topological polar surface area (TPSA) is 3.24 Å². The van der Waals surface area contributed by atoms with Crippen LogP contribution in [0.25, 0.3) is 21.5 Å². The van der Waals surface area contributed by atoms with Crippen molar-refractivity contribution in [3.8, 4) is 0 Å². The highest BCUT2D eigenvalue weighted by atomic mass is 79.9. The van der Waals surface area contributed by atoms with Crippen molar-refractivity contribution in [1.82, 2.24) is 0 Å². The first kappa shape index (κ1) is 26.7. The standard InChI is InChI=1S/C39H27Br2N/c40-31-19-15-29(16-20-31)39(37-13-5-9-27-7-1-3-11-35(27)37)30-17-23-33(24-18-30)42(34-25-21-32(41)22-26-34)38-14-6-10-28-8-2-4-12-36(28)38/h1-26,39H. The maximum absolute atomic E-state index is 3.63. The molecule has 0 aliphatic heterocycles. The molecule has 0 radical (unpaired) electrons. The number of halogens is 2. The predicted octanol–water partition coefficient (Wildman–Crippen LogP) is 12.2. The highest BCUT2D eigenvalue weighted by Crippen LogP contribution is 2.41.